The Morgan fingerprint density at radius 1 is 1.00 bits per heavy atom. The van der Waals surface area contributed by atoms with E-state index in [1.807, 2.05) is 45.5 Å². The molecule has 0 bridgehead atoms. The van der Waals surface area contributed by atoms with Crippen LogP contribution < -0.4 is 5.32 Å². The molecule has 3 heterocycles. The van der Waals surface area contributed by atoms with Gasteiger partial charge in [0.1, 0.15) is 0 Å². The Balaban J connectivity index is 1.20. The van der Waals surface area contributed by atoms with E-state index >= 15 is 0 Å². The van der Waals surface area contributed by atoms with Crippen LogP contribution in [-0.4, -0.2) is 72.5 Å². The quantitative estimate of drug-likeness (QED) is 0.730. The van der Waals surface area contributed by atoms with Crippen molar-refractivity contribution in [2.75, 3.05) is 45.8 Å². The van der Waals surface area contributed by atoms with Crippen molar-refractivity contribution >= 4 is 29.4 Å². The summed E-state index contributed by atoms with van der Waals surface area (Å²) in [6.07, 6.45) is 6.10. The zero-order valence-electron chi connectivity index (χ0n) is 18.5. The first-order valence-corrected chi connectivity index (χ1v) is 12.3. The molecule has 1 aromatic heterocycles. The SMILES string of the molecule is O=C(NCc1cccs1)N1CCCC(C(=O)N2CCN(CC=Cc3ccccc3)CC2)C1. The second kappa shape index (κ2) is 11.3. The average molecular weight is 453 g/mol. The fourth-order valence-electron chi connectivity index (χ4n) is 4.36. The van der Waals surface area contributed by atoms with Crippen molar-refractivity contribution in [2.45, 2.75) is 19.4 Å². The van der Waals surface area contributed by atoms with E-state index in [9.17, 15) is 9.59 Å². The van der Waals surface area contributed by atoms with E-state index in [-0.39, 0.29) is 17.9 Å². The van der Waals surface area contributed by atoms with Gasteiger partial charge in [0, 0.05) is 50.7 Å². The fourth-order valence-corrected chi connectivity index (χ4v) is 5.01. The van der Waals surface area contributed by atoms with E-state index in [1.165, 1.54) is 5.56 Å². The Hall–Kier alpha value is -2.64. The summed E-state index contributed by atoms with van der Waals surface area (Å²) in [4.78, 5) is 33.0. The maximum absolute atomic E-state index is 13.1. The highest BCUT2D eigenvalue weighted by Gasteiger charge is 2.32. The van der Waals surface area contributed by atoms with Crippen LogP contribution >= 0.6 is 11.3 Å². The Bertz CT molecular complexity index is 892. The van der Waals surface area contributed by atoms with Gasteiger partial charge < -0.3 is 15.1 Å². The van der Waals surface area contributed by atoms with Crippen molar-refractivity contribution in [3.05, 3.63) is 64.4 Å². The summed E-state index contributed by atoms with van der Waals surface area (Å²) in [5, 5.41) is 5.00. The van der Waals surface area contributed by atoms with Crippen LogP contribution in [0.3, 0.4) is 0 Å². The summed E-state index contributed by atoms with van der Waals surface area (Å²) in [5.41, 5.74) is 1.21. The number of thiophene rings is 1. The van der Waals surface area contributed by atoms with Gasteiger partial charge in [0.25, 0.3) is 0 Å². The maximum Gasteiger partial charge on any atom is 0.317 e. The van der Waals surface area contributed by atoms with Crippen molar-refractivity contribution in [1.29, 1.82) is 0 Å². The number of hydrogen-bond donors (Lipinski definition) is 1. The smallest absolute Gasteiger partial charge is 0.317 e. The van der Waals surface area contributed by atoms with Crippen LogP contribution in [0.4, 0.5) is 4.79 Å². The van der Waals surface area contributed by atoms with Crippen LogP contribution in [-0.2, 0) is 11.3 Å². The predicted octanol–water partition coefficient (Wildman–Crippen LogP) is 3.53. The molecule has 4 rings (SSSR count). The van der Waals surface area contributed by atoms with E-state index < -0.39 is 0 Å². The lowest BCUT2D eigenvalue weighted by atomic mass is 9.96. The van der Waals surface area contributed by atoms with Gasteiger partial charge in [0.15, 0.2) is 0 Å². The molecule has 3 amide bonds. The molecular weight excluding hydrogens is 420 g/mol. The zero-order valence-corrected chi connectivity index (χ0v) is 19.3. The first-order valence-electron chi connectivity index (χ1n) is 11.5. The number of nitrogens with zero attached hydrogens (tertiary/aromatic N) is 3. The van der Waals surface area contributed by atoms with E-state index in [0.29, 0.717) is 13.1 Å². The Morgan fingerprint density at radius 3 is 2.56 bits per heavy atom. The monoisotopic (exact) mass is 452 g/mol. The molecule has 2 aliphatic heterocycles. The van der Waals surface area contributed by atoms with Gasteiger partial charge >= 0.3 is 6.03 Å². The van der Waals surface area contributed by atoms with Gasteiger partial charge in [-0.25, -0.2) is 4.79 Å². The van der Waals surface area contributed by atoms with Crippen LogP contribution in [0, 0.1) is 5.92 Å². The molecule has 1 N–H and O–H groups in total. The lowest BCUT2D eigenvalue weighted by molar-refractivity contribution is -0.138. The van der Waals surface area contributed by atoms with Gasteiger partial charge in [-0.2, -0.15) is 0 Å². The third kappa shape index (κ3) is 6.20. The predicted molar refractivity (Wildman–Crippen MR) is 129 cm³/mol. The topological polar surface area (TPSA) is 55.9 Å². The van der Waals surface area contributed by atoms with E-state index in [0.717, 1.165) is 57.0 Å². The number of nitrogens with one attached hydrogen (secondary N) is 1. The van der Waals surface area contributed by atoms with Crippen LogP contribution in [0.2, 0.25) is 0 Å². The summed E-state index contributed by atoms with van der Waals surface area (Å²) < 4.78 is 0. The standard InChI is InChI=1S/C25H32N4O2S/c30-24(22-10-5-13-29(20-22)25(31)26-19-23-11-6-18-32-23)28-16-14-27(15-17-28)12-4-9-21-7-2-1-3-8-21/h1-4,6-9,11,18,22H,5,10,12-17,19-20H2,(H,26,31). The van der Waals surface area contributed by atoms with Crippen molar-refractivity contribution in [2.24, 2.45) is 5.92 Å². The molecule has 6 nitrogen and oxygen atoms in total. The molecule has 1 unspecified atom stereocenters. The summed E-state index contributed by atoms with van der Waals surface area (Å²) in [6, 6.07) is 14.3. The van der Waals surface area contributed by atoms with Crippen molar-refractivity contribution in [1.82, 2.24) is 20.0 Å². The number of amides is 3. The molecule has 170 valence electrons. The number of carbonyl (C=O) groups excluding carboxylic acids is 2. The van der Waals surface area contributed by atoms with Crippen LogP contribution in [0.1, 0.15) is 23.3 Å². The normalized spacial score (nSPS) is 19.9. The van der Waals surface area contributed by atoms with Gasteiger partial charge in [-0.05, 0) is 29.9 Å². The molecule has 7 heteroatoms. The summed E-state index contributed by atoms with van der Waals surface area (Å²) in [6.45, 7) is 6.00. The number of urea groups is 1. The molecule has 32 heavy (non-hydrogen) atoms. The number of hydrogen-bond acceptors (Lipinski definition) is 4. The minimum atomic E-state index is -0.0826. The number of carbonyl (C=O) groups is 2. The number of benzene rings is 1. The second-order valence-corrected chi connectivity index (χ2v) is 9.49. The molecule has 0 radical (unpaired) electrons. The lowest BCUT2D eigenvalue weighted by Gasteiger charge is -2.38. The molecule has 0 saturated carbocycles. The Morgan fingerprint density at radius 2 is 1.81 bits per heavy atom. The molecule has 2 aliphatic rings. The number of rotatable bonds is 6. The summed E-state index contributed by atoms with van der Waals surface area (Å²) in [5.74, 6) is 0.126. The summed E-state index contributed by atoms with van der Waals surface area (Å²) in [7, 11) is 0. The molecular formula is C25H32N4O2S. The Kier molecular flexibility index (Phi) is 7.96. The highest BCUT2D eigenvalue weighted by atomic mass is 32.1. The minimum Gasteiger partial charge on any atom is -0.340 e. The first kappa shape index (κ1) is 22.6. The van der Waals surface area contributed by atoms with E-state index in [1.54, 1.807) is 11.3 Å². The zero-order chi connectivity index (χ0) is 22.2. The largest absolute Gasteiger partial charge is 0.340 e. The van der Waals surface area contributed by atoms with Crippen LogP contribution in [0.25, 0.3) is 6.08 Å². The highest BCUT2D eigenvalue weighted by Crippen LogP contribution is 2.20. The molecule has 2 fully saturated rings. The van der Waals surface area contributed by atoms with Crippen molar-refractivity contribution in [3.63, 3.8) is 0 Å². The van der Waals surface area contributed by atoms with Crippen LogP contribution in [0.15, 0.2) is 53.9 Å². The van der Waals surface area contributed by atoms with Gasteiger partial charge in [0.2, 0.25) is 5.91 Å². The van der Waals surface area contributed by atoms with Crippen molar-refractivity contribution < 1.29 is 9.59 Å². The third-order valence-electron chi connectivity index (χ3n) is 6.21. The molecule has 2 aromatic rings. The Labute approximate surface area is 194 Å². The lowest BCUT2D eigenvalue weighted by Crippen LogP contribution is -2.53. The number of piperidine rings is 1. The molecule has 2 saturated heterocycles. The third-order valence-corrected chi connectivity index (χ3v) is 7.09. The molecule has 0 spiro atoms. The number of likely N-dealkylation sites (tertiary alicyclic amines) is 1. The average Bonchev–Trinajstić information content (AvgIpc) is 3.37. The van der Waals surface area contributed by atoms with Crippen molar-refractivity contribution in [3.8, 4) is 0 Å². The van der Waals surface area contributed by atoms with Gasteiger partial charge in [-0.3, -0.25) is 9.69 Å². The maximum atomic E-state index is 13.1. The molecule has 1 aromatic carbocycles. The van der Waals surface area contributed by atoms with E-state index in [4.69, 9.17) is 0 Å². The van der Waals surface area contributed by atoms with Gasteiger partial charge in [0.05, 0.1) is 12.5 Å². The second-order valence-electron chi connectivity index (χ2n) is 8.46. The fraction of sp³-hybridized carbons (Fsp3) is 0.440. The summed E-state index contributed by atoms with van der Waals surface area (Å²) >= 11 is 1.64. The van der Waals surface area contributed by atoms with Gasteiger partial charge in [-0.15, -0.1) is 11.3 Å². The number of piperazine rings is 1. The molecule has 1 atom stereocenters. The molecule has 0 aliphatic carbocycles. The van der Waals surface area contributed by atoms with Crippen LogP contribution in [0.5, 0.6) is 0 Å². The van der Waals surface area contributed by atoms with E-state index in [2.05, 4.69) is 34.5 Å². The van der Waals surface area contributed by atoms with Gasteiger partial charge in [-0.1, -0.05) is 48.6 Å². The highest BCUT2D eigenvalue weighted by molar-refractivity contribution is 7.09. The first-order chi connectivity index (χ1) is 15.7. The minimum absolute atomic E-state index is 0.0640.